The minimum Gasteiger partial charge on any atom is -0.497 e. The summed E-state index contributed by atoms with van der Waals surface area (Å²) in [5, 5.41) is 5.74. The van der Waals surface area contributed by atoms with Crippen molar-refractivity contribution in [1.82, 2.24) is 0 Å². The summed E-state index contributed by atoms with van der Waals surface area (Å²) in [5.74, 6) is 0.860. The molecule has 1 amide bonds. The van der Waals surface area contributed by atoms with E-state index in [1.165, 1.54) is 6.92 Å². The van der Waals surface area contributed by atoms with Gasteiger partial charge in [0, 0.05) is 35.1 Å². The maximum absolute atomic E-state index is 12.1. The summed E-state index contributed by atoms with van der Waals surface area (Å²) < 4.78 is 10.3. The molecule has 0 saturated heterocycles. The van der Waals surface area contributed by atoms with E-state index < -0.39 is 0 Å². The first-order valence-corrected chi connectivity index (χ1v) is 7.40. The zero-order chi connectivity index (χ0) is 17.5. The predicted molar refractivity (Wildman–Crippen MR) is 93.1 cm³/mol. The Labute approximate surface area is 140 Å². The van der Waals surface area contributed by atoms with Crippen LogP contribution in [0.2, 0.25) is 0 Å². The molecule has 6 nitrogen and oxygen atoms in total. The van der Waals surface area contributed by atoms with Crippen LogP contribution >= 0.6 is 0 Å². The minimum atomic E-state index is -0.247. The van der Waals surface area contributed by atoms with Gasteiger partial charge in [-0.3, -0.25) is 9.59 Å². The molecule has 0 aliphatic rings. The molecule has 2 aromatic rings. The fourth-order valence-corrected chi connectivity index (χ4v) is 2.20. The number of amides is 1. The molecular formula is C18H20N2O4. The molecule has 0 saturated carbocycles. The third-order valence-corrected chi connectivity index (χ3v) is 3.38. The highest BCUT2D eigenvalue weighted by molar-refractivity contribution is 6.00. The van der Waals surface area contributed by atoms with Gasteiger partial charge in [-0.1, -0.05) is 12.1 Å². The van der Waals surface area contributed by atoms with Crippen LogP contribution in [0, 0.1) is 0 Å². The molecule has 6 heteroatoms. The first-order valence-electron chi connectivity index (χ1n) is 7.40. The van der Waals surface area contributed by atoms with Crippen molar-refractivity contribution in [3.63, 3.8) is 0 Å². The molecule has 0 unspecified atom stereocenters. The fraction of sp³-hybridized carbons (Fsp3) is 0.222. The smallest absolute Gasteiger partial charge is 0.243 e. The molecule has 0 bridgehead atoms. The number of hydrogen-bond acceptors (Lipinski definition) is 5. The Bertz CT molecular complexity index is 721. The summed E-state index contributed by atoms with van der Waals surface area (Å²) in [6, 6.07) is 12.2. The Kier molecular flexibility index (Phi) is 5.78. The van der Waals surface area contributed by atoms with E-state index in [1.807, 2.05) is 0 Å². The number of methoxy groups -OCH3 is 2. The average molecular weight is 328 g/mol. The van der Waals surface area contributed by atoms with Gasteiger partial charge in [0.15, 0.2) is 5.78 Å². The lowest BCUT2D eigenvalue weighted by molar-refractivity contribution is -0.114. The van der Waals surface area contributed by atoms with Crippen LogP contribution < -0.4 is 20.1 Å². The van der Waals surface area contributed by atoms with Crippen molar-refractivity contribution < 1.29 is 19.1 Å². The van der Waals surface area contributed by atoms with E-state index in [4.69, 9.17) is 9.47 Å². The number of Topliss-reactive ketones (excluding diaryl/α,β-unsaturated/α-hetero) is 1. The summed E-state index contributed by atoms with van der Waals surface area (Å²) in [5.41, 5.74) is 1.74. The Morgan fingerprint density at radius 3 is 2.21 bits per heavy atom. The largest absolute Gasteiger partial charge is 0.497 e. The lowest BCUT2D eigenvalue weighted by Gasteiger charge is -2.12. The zero-order valence-corrected chi connectivity index (χ0v) is 13.9. The topological polar surface area (TPSA) is 76.7 Å². The number of carbonyl (C=O) groups excluding carboxylic acids is 2. The second kappa shape index (κ2) is 8.01. The van der Waals surface area contributed by atoms with Crippen molar-refractivity contribution in [2.24, 2.45) is 0 Å². The average Bonchev–Trinajstić information content (AvgIpc) is 2.59. The molecule has 0 aromatic heterocycles. The molecule has 0 fully saturated rings. The van der Waals surface area contributed by atoms with Gasteiger partial charge >= 0.3 is 0 Å². The van der Waals surface area contributed by atoms with Gasteiger partial charge in [0.25, 0.3) is 0 Å². The van der Waals surface area contributed by atoms with Gasteiger partial charge in [-0.05, 0) is 19.1 Å². The van der Waals surface area contributed by atoms with Crippen molar-refractivity contribution >= 4 is 23.1 Å². The molecular weight excluding hydrogens is 308 g/mol. The lowest BCUT2D eigenvalue weighted by Crippen LogP contribution is -2.22. The normalized spacial score (nSPS) is 9.96. The van der Waals surface area contributed by atoms with Crippen LogP contribution in [-0.2, 0) is 4.79 Å². The molecule has 0 aliphatic carbocycles. The molecule has 24 heavy (non-hydrogen) atoms. The van der Waals surface area contributed by atoms with E-state index in [0.29, 0.717) is 28.4 Å². The second-order valence-corrected chi connectivity index (χ2v) is 5.10. The van der Waals surface area contributed by atoms with E-state index in [2.05, 4.69) is 10.6 Å². The number of benzene rings is 2. The van der Waals surface area contributed by atoms with Crippen LogP contribution in [0.5, 0.6) is 11.5 Å². The van der Waals surface area contributed by atoms with Gasteiger partial charge < -0.3 is 20.1 Å². The SMILES string of the molecule is COc1cc(NC(=O)CNc2ccccc2C(C)=O)cc(OC)c1. The van der Waals surface area contributed by atoms with Crippen LogP contribution in [0.3, 0.4) is 0 Å². The van der Waals surface area contributed by atoms with E-state index in [-0.39, 0.29) is 18.2 Å². The quantitative estimate of drug-likeness (QED) is 0.764. The zero-order valence-electron chi connectivity index (χ0n) is 13.9. The van der Waals surface area contributed by atoms with Crippen molar-refractivity contribution in [1.29, 1.82) is 0 Å². The van der Waals surface area contributed by atoms with Crippen molar-refractivity contribution in [3.8, 4) is 11.5 Å². The molecule has 2 aromatic carbocycles. The molecule has 2 N–H and O–H groups in total. The standard InChI is InChI=1S/C18H20N2O4/c1-12(21)16-6-4-5-7-17(16)19-11-18(22)20-13-8-14(23-2)10-15(9-13)24-3/h4-10,19H,11H2,1-3H3,(H,20,22). The van der Waals surface area contributed by atoms with Crippen molar-refractivity contribution in [3.05, 3.63) is 48.0 Å². The molecule has 0 heterocycles. The first kappa shape index (κ1) is 17.3. The maximum Gasteiger partial charge on any atom is 0.243 e. The van der Waals surface area contributed by atoms with Crippen LogP contribution in [0.4, 0.5) is 11.4 Å². The molecule has 0 radical (unpaired) electrons. The highest BCUT2D eigenvalue weighted by Gasteiger charge is 2.09. The Balaban J connectivity index is 2.03. The number of ether oxygens (including phenoxy) is 2. The van der Waals surface area contributed by atoms with E-state index >= 15 is 0 Å². The maximum atomic E-state index is 12.1. The summed E-state index contributed by atoms with van der Waals surface area (Å²) in [4.78, 5) is 23.7. The summed E-state index contributed by atoms with van der Waals surface area (Å²) in [6.45, 7) is 1.52. The van der Waals surface area contributed by atoms with Crippen LogP contribution in [-0.4, -0.2) is 32.5 Å². The molecule has 126 valence electrons. The van der Waals surface area contributed by atoms with Gasteiger partial charge in [0.05, 0.1) is 20.8 Å². The predicted octanol–water partition coefficient (Wildman–Crippen LogP) is 2.96. The highest BCUT2D eigenvalue weighted by atomic mass is 16.5. The van der Waals surface area contributed by atoms with Crippen LogP contribution in [0.1, 0.15) is 17.3 Å². The van der Waals surface area contributed by atoms with Crippen LogP contribution in [0.15, 0.2) is 42.5 Å². The summed E-state index contributed by atoms with van der Waals surface area (Å²) >= 11 is 0. The van der Waals surface area contributed by atoms with Gasteiger partial charge in [-0.15, -0.1) is 0 Å². The fourth-order valence-electron chi connectivity index (χ4n) is 2.20. The Morgan fingerprint density at radius 1 is 1.00 bits per heavy atom. The van der Waals surface area contributed by atoms with Crippen molar-refractivity contribution in [2.45, 2.75) is 6.92 Å². The number of rotatable bonds is 7. The molecule has 0 spiro atoms. The van der Waals surface area contributed by atoms with Crippen LogP contribution in [0.25, 0.3) is 0 Å². The Morgan fingerprint density at radius 2 is 1.62 bits per heavy atom. The number of ketones is 1. The van der Waals surface area contributed by atoms with E-state index in [1.54, 1.807) is 56.7 Å². The highest BCUT2D eigenvalue weighted by Crippen LogP contribution is 2.25. The first-order chi connectivity index (χ1) is 11.5. The monoisotopic (exact) mass is 328 g/mol. The number of carbonyl (C=O) groups is 2. The van der Waals surface area contributed by atoms with Gasteiger partial charge in [-0.25, -0.2) is 0 Å². The lowest BCUT2D eigenvalue weighted by atomic mass is 10.1. The number of hydrogen-bond donors (Lipinski definition) is 2. The summed E-state index contributed by atoms with van der Waals surface area (Å²) in [6.07, 6.45) is 0. The summed E-state index contributed by atoms with van der Waals surface area (Å²) in [7, 11) is 3.08. The number of nitrogens with one attached hydrogen (secondary N) is 2. The Hall–Kier alpha value is -3.02. The second-order valence-electron chi connectivity index (χ2n) is 5.10. The van der Waals surface area contributed by atoms with Crippen molar-refractivity contribution in [2.75, 3.05) is 31.4 Å². The van der Waals surface area contributed by atoms with Gasteiger partial charge in [0.1, 0.15) is 11.5 Å². The third-order valence-electron chi connectivity index (χ3n) is 3.38. The molecule has 2 rings (SSSR count). The van der Waals surface area contributed by atoms with E-state index in [0.717, 1.165) is 0 Å². The number of anilines is 2. The molecule has 0 aliphatic heterocycles. The number of para-hydroxylation sites is 1. The van der Waals surface area contributed by atoms with Gasteiger partial charge in [0.2, 0.25) is 5.91 Å². The third kappa shape index (κ3) is 4.49. The molecule has 0 atom stereocenters. The van der Waals surface area contributed by atoms with Gasteiger partial charge in [-0.2, -0.15) is 0 Å². The minimum absolute atomic E-state index is 0.0316. The van der Waals surface area contributed by atoms with E-state index in [9.17, 15) is 9.59 Å².